The van der Waals surface area contributed by atoms with Crippen molar-refractivity contribution in [1.82, 2.24) is 21.3 Å². The van der Waals surface area contributed by atoms with Gasteiger partial charge in [0.2, 0.25) is 11.8 Å². The van der Waals surface area contributed by atoms with Crippen molar-refractivity contribution in [2.24, 2.45) is 0 Å². The molecule has 0 spiro atoms. The van der Waals surface area contributed by atoms with Crippen molar-refractivity contribution in [1.29, 1.82) is 0 Å². The minimum atomic E-state index is -0.516. The van der Waals surface area contributed by atoms with Crippen molar-refractivity contribution in [2.75, 3.05) is 13.1 Å². The molecule has 0 saturated carbocycles. The maximum atomic E-state index is 12.4. The molecule has 3 saturated heterocycles. The van der Waals surface area contributed by atoms with E-state index in [4.69, 9.17) is 23.2 Å². The van der Waals surface area contributed by atoms with Crippen molar-refractivity contribution in [3.63, 3.8) is 0 Å². The fraction of sp³-hybridized carbons (Fsp3) is 0.857. The molecule has 0 radical (unpaired) electrons. The molecule has 0 aromatic carbocycles. The van der Waals surface area contributed by atoms with Gasteiger partial charge in [0.15, 0.2) is 0 Å². The van der Waals surface area contributed by atoms with Crippen LogP contribution in [0.15, 0.2) is 0 Å². The zero-order valence-corrected chi connectivity index (χ0v) is 13.8. The Hall–Kier alpha value is -0.560. The summed E-state index contributed by atoms with van der Waals surface area (Å²) in [4.78, 5) is 24.8. The summed E-state index contributed by atoms with van der Waals surface area (Å²) < 4.78 is 0. The fourth-order valence-corrected chi connectivity index (χ4v) is 3.87. The highest BCUT2D eigenvalue weighted by molar-refractivity contribution is 6.21. The molecular formula is C14H22Cl2N4O2. The zero-order chi connectivity index (χ0) is 15.7. The van der Waals surface area contributed by atoms with Crippen LogP contribution in [0.1, 0.15) is 25.7 Å². The Labute approximate surface area is 140 Å². The maximum absolute atomic E-state index is 12.4. The Balaban J connectivity index is 1.59. The van der Waals surface area contributed by atoms with Crippen molar-refractivity contribution < 1.29 is 9.59 Å². The predicted molar refractivity (Wildman–Crippen MR) is 85.2 cm³/mol. The van der Waals surface area contributed by atoms with E-state index >= 15 is 0 Å². The van der Waals surface area contributed by atoms with Crippen LogP contribution in [-0.2, 0) is 9.59 Å². The molecule has 4 unspecified atom stereocenters. The van der Waals surface area contributed by atoms with Crippen molar-refractivity contribution in [3.8, 4) is 0 Å². The molecular weight excluding hydrogens is 327 g/mol. The van der Waals surface area contributed by atoms with E-state index in [1.807, 2.05) is 0 Å². The van der Waals surface area contributed by atoms with E-state index in [2.05, 4.69) is 21.3 Å². The summed E-state index contributed by atoms with van der Waals surface area (Å²) in [5.74, 6) is -0.241. The third kappa shape index (κ3) is 3.50. The maximum Gasteiger partial charge on any atom is 0.244 e. The van der Waals surface area contributed by atoms with Crippen LogP contribution in [0.2, 0.25) is 0 Å². The van der Waals surface area contributed by atoms with Crippen LogP contribution in [0.5, 0.6) is 0 Å². The SMILES string of the molecule is O=C1NC(C2CC[C@@H](Cl)CN2)C(=O)NC1C1CC[C@@H](Cl)CN1. The summed E-state index contributed by atoms with van der Waals surface area (Å²) in [7, 11) is 0. The van der Waals surface area contributed by atoms with Crippen LogP contribution < -0.4 is 21.3 Å². The van der Waals surface area contributed by atoms with Gasteiger partial charge in [0.05, 0.1) is 0 Å². The van der Waals surface area contributed by atoms with E-state index in [1.54, 1.807) is 0 Å². The summed E-state index contributed by atoms with van der Waals surface area (Å²) in [6, 6.07) is -1.13. The first-order chi connectivity index (χ1) is 10.5. The summed E-state index contributed by atoms with van der Waals surface area (Å²) in [6.45, 7) is 1.33. The molecule has 0 aliphatic carbocycles. The Morgan fingerprint density at radius 2 is 1.14 bits per heavy atom. The summed E-state index contributed by atoms with van der Waals surface area (Å²) in [5.41, 5.74) is 0. The van der Waals surface area contributed by atoms with Gasteiger partial charge in [-0.25, -0.2) is 0 Å². The van der Waals surface area contributed by atoms with Crippen molar-refractivity contribution >= 4 is 35.0 Å². The number of alkyl halides is 2. The molecule has 0 aromatic heterocycles. The monoisotopic (exact) mass is 348 g/mol. The molecule has 2 amide bonds. The number of rotatable bonds is 2. The molecule has 124 valence electrons. The average Bonchev–Trinajstić information content (AvgIpc) is 2.51. The number of carbonyl (C=O) groups is 2. The number of hydrogen-bond acceptors (Lipinski definition) is 4. The lowest BCUT2D eigenvalue weighted by Crippen LogP contribution is -2.71. The topological polar surface area (TPSA) is 82.3 Å². The first-order valence-electron chi connectivity index (χ1n) is 7.90. The standard InChI is InChI=1S/C14H22Cl2N4O2/c15-7-1-3-9(17-5-7)11-13(21)20-12(14(22)19-11)10-4-2-8(16)6-18-10/h7-12,17-18H,1-6H2,(H,19,22)(H,20,21)/t7-,8-,9?,10?,11?,12?/m1/s1. The van der Waals surface area contributed by atoms with E-state index in [9.17, 15) is 9.59 Å². The first kappa shape index (κ1) is 16.3. The lowest BCUT2D eigenvalue weighted by molar-refractivity contribution is -0.138. The molecule has 4 N–H and O–H groups in total. The third-order valence-corrected chi connectivity index (χ3v) is 5.50. The predicted octanol–water partition coefficient (Wildman–Crippen LogP) is -0.312. The van der Waals surface area contributed by atoms with E-state index in [1.165, 1.54) is 0 Å². The Bertz CT molecular complexity index is 395. The van der Waals surface area contributed by atoms with E-state index in [-0.39, 0.29) is 34.7 Å². The molecule has 3 rings (SSSR count). The molecule has 3 aliphatic rings. The number of halogens is 2. The smallest absolute Gasteiger partial charge is 0.244 e. The number of nitrogens with one attached hydrogen (secondary N) is 4. The lowest BCUT2D eigenvalue weighted by Gasteiger charge is -2.40. The van der Waals surface area contributed by atoms with E-state index in [0.717, 1.165) is 25.7 Å². The molecule has 0 bridgehead atoms. The normalized spacial score (nSPS) is 43.4. The second-order valence-corrected chi connectivity index (χ2v) is 7.59. The van der Waals surface area contributed by atoms with Crippen LogP contribution >= 0.6 is 23.2 Å². The molecule has 6 atom stereocenters. The fourth-order valence-electron chi connectivity index (χ4n) is 3.44. The van der Waals surface area contributed by atoms with Crippen LogP contribution in [0.3, 0.4) is 0 Å². The van der Waals surface area contributed by atoms with Gasteiger partial charge in [0.25, 0.3) is 0 Å². The second-order valence-electron chi connectivity index (χ2n) is 6.35. The van der Waals surface area contributed by atoms with Gasteiger partial charge in [-0.15, -0.1) is 23.2 Å². The highest BCUT2D eigenvalue weighted by Gasteiger charge is 2.42. The number of piperazine rings is 1. The van der Waals surface area contributed by atoms with Crippen molar-refractivity contribution in [2.45, 2.75) is 60.6 Å². The van der Waals surface area contributed by atoms with E-state index < -0.39 is 12.1 Å². The lowest BCUT2D eigenvalue weighted by atomic mass is 9.91. The Morgan fingerprint density at radius 1 is 0.727 bits per heavy atom. The second kappa shape index (κ2) is 6.91. The Morgan fingerprint density at radius 3 is 1.45 bits per heavy atom. The average molecular weight is 349 g/mol. The number of amides is 2. The summed E-state index contributed by atoms with van der Waals surface area (Å²) in [5, 5.41) is 12.5. The number of hydrogen-bond donors (Lipinski definition) is 4. The van der Waals surface area contributed by atoms with Crippen LogP contribution in [0.25, 0.3) is 0 Å². The number of carbonyl (C=O) groups excluding carboxylic acids is 2. The van der Waals surface area contributed by atoms with Crippen LogP contribution in [0, 0.1) is 0 Å². The molecule has 22 heavy (non-hydrogen) atoms. The largest absolute Gasteiger partial charge is 0.341 e. The van der Waals surface area contributed by atoms with Gasteiger partial charge >= 0.3 is 0 Å². The summed E-state index contributed by atoms with van der Waals surface area (Å²) in [6.07, 6.45) is 3.27. The molecule has 6 nitrogen and oxygen atoms in total. The van der Waals surface area contributed by atoms with E-state index in [0.29, 0.717) is 13.1 Å². The van der Waals surface area contributed by atoms with Gasteiger partial charge in [0.1, 0.15) is 12.1 Å². The highest BCUT2D eigenvalue weighted by Crippen LogP contribution is 2.20. The van der Waals surface area contributed by atoms with Gasteiger partial charge in [0, 0.05) is 35.9 Å². The molecule has 0 aromatic rings. The minimum absolute atomic E-state index is 0.0496. The Kier molecular flexibility index (Phi) is 5.12. The third-order valence-electron chi connectivity index (χ3n) is 4.75. The zero-order valence-electron chi connectivity index (χ0n) is 12.3. The minimum Gasteiger partial charge on any atom is -0.341 e. The van der Waals surface area contributed by atoms with Crippen LogP contribution in [0.4, 0.5) is 0 Å². The molecule has 3 fully saturated rings. The molecule has 3 aliphatic heterocycles. The van der Waals surface area contributed by atoms with Crippen molar-refractivity contribution in [3.05, 3.63) is 0 Å². The van der Waals surface area contributed by atoms with Crippen LogP contribution in [-0.4, -0.2) is 59.8 Å². The van der Waals surface area contributed by atoms with Gasteiger partial charge in [-0.2, -0.15) is 0 Å². The quantitative estimate of drug-likeness (QED) is 0.516. The number of piperidine rings is 2. The van der Waals surface area contributed by atoms with Gasteiger partial charge in [-0.3, -0.25) is 9.59 Å². The molecule has 3 heterocycles. The molecule has 8 heteroatoms. The highest BCUT2D eigenvalue weighted by atomic mass is 35.5. The van der Waals surface area contributed by atoms with Gasteiger partial charge in [-0.05, 0) is 25.7 Å². The first-order valence-corrected chi connectivity index (χ1v) is 8.77. The van der Waals surface area contributed by atoms with Gasteiger partial charge < -0.3 is 21.3 Å². The summed E-state index contributed by atoms with van der Waals surface area (Å²) >= 11 is 12.1. The van der Waals surface area contributed by atoms with Gasteiger partial charge in [-0.1, -0.05) is 0 Å².